The number of piperidine rings is 1. The second kappa shape index (κ2) is 10.8. The molecule has 2 rings (SSSR count). The first kappa shape index (κ1) is 24.2. The van der Waals surface area contributed by atoms with E-state index in [2.05, 4.69) is 5.32 Å². The summed E-state index contributed by atoms with van der Waals surface area (Å²) in [5, 5.41) is 2.55. The lowest BCUT2D eigenvalue weighted by atomic mass is 9.97. The number of anilines is 1. The van der Waals surface area contributed by atoms with E-state index in [1.807, 2.05) is 0 Å². The van der Waals surface area contributed by atoms with Crippen LogP contribution >= 0.6 is 0 Å². The number of esters is 2. The number of carbonyl (C=O) groups is 4. The average Bonchev–Trinajstić information content (AvgIpc) is 2.70. The van der Waals surface area contributed by atoms with Gasteiger partial charge in [-0.2, -0.15) is 0 Å². The van der Waals surface area contributed by atoms with Crippen LogP contribution in [0.3, 0.4) is 0 Å². The van der Waals surface area contributed by atoms with Gasteiger partial charge in [-0.05, 0) is 58.7 Å². The molecule has 1 aliphatic heterocycles. The fourth-order valence-electron chi connectivity index (χ4n) is 3.07. The molecule has 1 heterocycles. The van der Waals surface area contributed by atoms with E-state index >= 15 is 0 Å². The minimum absolute atomic E-state index is 0.197. The molecular weight excluding hydrogens is 404 g/mol. The van der Waals surface area contributed by atoms with Crippen molar-refractivity contribution in [2.24, 2.45) is 5.92 Å². The molecule has 0 aliphatic carbocycles. The lowest BCUT2D eigenvalue weighted by molar-refractivity contribution is -0.151. The van der Waals surface area contributed by atoms with Gasteiger partial charge in [-0.25, -0.2) is 9.59 Å². The predicted octanol–water partition coefficient (Wildman–Crippen LogP) is 2.99. The number of ether oxygens (including phenoxy) is 3. The minimum atomic E-state index is -0.678. The maximum atomic E-state index is 12.3. The summed E-state index contributed by atoms with van der Waals surface area (Å²) in [6.07, 6.45) is 0.410. The lowest BCUT2D eigenvalue weighted by Crippen LogP contribution is -2.42. The molecular formula is C22H30N2O7. The predicted molar refractivity (Wildman–Crippen MR) is 113 cm³/mol. The summed E-state index contributed by atoms with van der Waals surface area (Å²) in [5.41, 5.74) is -0.0791. The molecule has 170 valence electrons. The standard InChI is InChI=1S/C22H30N2O7/c1-5-29-19(26)15-9-11-24(12-10-15)18(25)14-30-20(27)16-7-6-8-17(13-16)23-21(28)31-22(2,3)4/h6-8,13,15H,5,9-12,14H2,1-4H3,(H,23,28). The van der Waals surface area contributed by atoms with Crippen molar-refractivity contribution >= 4 is 29.6 Å². The molecule has 0 spiro atoms. The van der Waals surface area contributed by atoms with Crippen molar-refractivity contribution < 1.29 is 33.4 Å². The largest absolute Gasteiger partial charge is 0.466 e. The van der Waals surface area contributed by atoms with E-state index in [9.17, 15) is 19.2 Å². The van der Waals surface area contributed by atoms with E-state index in [1.165, 1.54) is 12.1 Å². The van der Waals surface area contributed by atoms with Crippen molar-refractivity contribution in [2.75, 3.05) is 31.6 Å². The number of carbonyl (C=O) groups excluding carboxylic acids is 4. The summed E-state index contributed by atoms with van der Waals surface area (Å²) in [4.78, 5) is 49.9. The van der Waals surface area contributed by atoms with Crippen LogP contribution < -0.4 is 5.32 Å². The van der Waals surface area contributed by atoms with Gasteiger partial charge in [0.05, 0.1) is 18.1 Å². The van der Waals surface area contributed by atoms with Gasteiger partial charge in [-0.15, -0.1) is 0 Å². The highest BCUT2D eigenvalue weighted by molar-refractivity contribution is 5.94. The van der Waals surface area contributed by atoms with Crippen LogP contribution in [0.5, 0.6) is 0 Å². The highest BCUT2D eigenvalue weighted by atomic mass is 16.6. The van der Waals surface area contributed by atoms with Crippen LogP contribution in [-0.4, -0.2) is 60.7 Å². The molecule has 1 aromatic carbocycles. The van der Waals surface area contributed by atoms with Gasteiger partial charge < -0.3 is 19.1 Å². The first-order chi connectivity index (χ1) is 14.6. The smallest absolute Gasteiger partial charge is 0.412 e. The highest BCUT2D eigenvalue weighted by Crippen LogP contribution is 2.19. The molecule has 0 saturated carbocycles. The molecule has 1 fully saturated rings. The molecule has 0 aromatic heterocycles. The maximum Gasteiger partial charge on any atom is 0.412 e. The molecule has 2 amide bonds. The topological polar surface area (TPSA) is 111 Å². The normalized spacial score (nSPS) is 14.5. The maximum absolute atomic E-state index is 12.3. The Kier molecular flexibility index (Phi) is 8.41. The number of benzene rings is 1. The Balaban J connectivity index is 1.83. The second-order valence-corrected chi connectivity index (χ2v) is 8.19. The summed E-state index contributed by atoms with van der Waals surface area (Å²) >= 11 is 0. The van der Waals surface area contributed by atoms with Gasteiger partial charge in [-0.1, -0.05) is 6.07 Å². The van der Waals surface area contributed by atoms with Crippen molar-refractivity contribution in [1.29, 1.82) is 0 Å². The Morgan fingerprint density at radius 2 is 1.77 bits per heavy atom. The molecule has 0 atom stereocenters. The van der Waals surface area contributed by atoms with Crippen molar-refractivity contribution in [3.05, 3.63) is 29.8 Å². The lowest BCUT2D eigenvalue weighted by Gasteiger charge is -2.30. The van der Waals surface area contributed by atoms with Crippen molar-refractivity contribution in [3.8, 4) is 0 Å². The third kappa shape index (κ3) is 7.92. The van der Waals surface area contributed by atoms with Crippen LogP contribution in [0.1, 0.15) is 50.9 Å². The number of hydrogen-bond donors (Lipinski definition) is 1. The summed E-state index contributed by atoms with van der Waals surface area (Å²) in [7, 11) is 0. The summed E-state index contributed by atoms with van der Waals surface area (Å²) in [5.74, 6) is -1.44. The number of amides is 2. The Morgan fingerprint density at radius 1 is 1.10 bits per heavy atom. The highest BCUT2D eigenvalue weighted by Gasteiger charge is 2.28. The molecule has 0 radical (unpaired) electrons. The third-order valence-electron chi connectivity index (χ3n) is 4.54. The number of likely N-dealkylation sites (tertiary alicyclic amines) is 1. The van der Waals surface area contributed by atoms with E-state index in [0.29, 0.717) is 38.2 Å². The van der Waals surface area contributed by atoms with Crippen molar-refractivity contribution in [3.63, 3.8) is 0 Å². The molecule has 1 aromatic rings. The van der Waals surface area contributed by atoms with Crippen LogP contribution in [0.25, 0.3) is 0 Å². The van der Waals surface area contributed by atoms with Crippen LogP contribution in [0.4, 0.5) is 10.5 Å². The molecule has 31 heavy (non-hydrogen) atoms. The minimum Gasteiger partial charge on any atom is -0.466 e. The van der Waals surface area contributed by atoms with Gasteiger partial charge in [0.2, 0.25) is 0 Å². The number of hydrogen-bond acceptors (Lipinski definition) is 7. The third-order valence-corrected chi connectivity index (χ3v) is 4.54. The molecule has 9 heteroatoms. The van der Waals surface area contributed by atoms with E-state index in [1.54, 1.807) is 44.7 Å². The van der Waals surface area contributed by atoms with E-state index in [0.717, 1.165) is 0 Å². The number of nitrogens with one attached hydrogen (secondary N) is 1. The Hall–Kier alpha value is -3.10. The quantitative estimate of drug-likeness (QED) is 0.541. The van der Waals surface area contributed by atoms with E-state index < -0.39 is 24.3 Å². The van der Waals surface area contributed by atoms with Crippen LogP contribution in [0, 0.1) is 5.92 Å². The number of nitrogens with zero attached hydrogens (tertiary/aromatic N) is 1. The fraction of sp³-hybridized carbons (Fsp3) is 0.545. The van der Waals surface area contributed by atoms with Gasteiger partial charge in [0.1, 0.15) is 5.60 Å². The van der Waals surface area contributed by atoms with Crippen LogP contribution in [-0.2, 0) is 23.8 Å². The van der Waals surface area contributed by atoms with Crippen molar-refractivity contribution in [1.82, 2.24) is 4.90 Å². The van der Waals surface area contributed by atoms with Gasteiger partial charge in [-0.3, -0.25) is 14.9 Å². The molecule has 1 saturated heterocycles. The fourth-order valence-corrected chi connectivity index (χ4v) is 3.07. The van der Waals surface area contributed by atoms with Gasteiger partial charge >= 0.3 is 18.0 Å². The average molecular weight is 434 g/mol. The first-order valence-electron chi connectivity index (χ1n) is 10.3. The van der Waals surface area contributed by atoms with Crippen molar-refractivity contribution in [2.45, 2.75) is 46.1 Å². The zero-order valence-corrected chi connectivity index (χ0v) is 18.4. The molecule has 0 unspecified atom stereocenters. The summed E-state index contributed by atoms with van der Waals surface area (Å²) in [6, 6.07) is 6.17. The van der Waals surface area contributed by atoms with E-state index in [4.69, 9.17) is 14.2 Å². The zero-order chi connectivity index (χ0) is 23.0. The van der Waals surface area contributed by atoms with Gasteiger partial charge in [0.25, 0.3) is 5.91 Å². The van der Waals surface area contributed by atoms with Crippen LogP contribution in [0.2, 0.25) is 0 Å². The molecule has 0 bridgehead atoms. The van der Waals surface area contributed by atoms with Gasteiger partial charge in [0.15, 0.2) is 6.61 Å². The monoisotopic (exact) mass is 434 g/mol. The Bertz CT molecular complexity index is 808. The Morgan fingerprint density at radius 3 is 2.39 bits per heavy atom. The number of rotatable bonds is 6. The van der Waals surface area contributed by atoms with Crippen LogP contribution in [0.15, 0.2) is 24.3 Å². The van der Waals surface area contributed by atoms with Gasteiger partial charge in [0, 0.05) is 18.8 Å². The Labute approximate surface area is 182 Å². The zero-order valence-electron chi connectivity index (χ0n) is 18.4. The second-order valence-electron chi connectivity index (χ2n) is 8.19. The molecule has 9 nitrogen and oxygen atoms in total. The summed E-state index contributed by atoms with van der Waals surface area (Å²) < 4.78 is 15.3. The van der Waals surface area contributed by atoms with E-state index in [-0.39, 0.29) is 23.4 Å². The first-order valence-corrected chi connectivity index (χ1v) is 10.3. The molecule has 1 N–H and O–H groups in total. The summed E-state index contributed by atoms with van der Waals surface area (Å²) in [6.45, 7) is 7.76. The molecule has 1 aliphatic rings. The SMILES string of the molecule is CCOC(=O)C1CCN(C(=O)COC(=O)c2cccc(NC(=O)OC(C)(C)C)c2)CC1.